The van der Waals surface area contributed by atoms with Crippen molar-refractivity contribution in [2.75, 3.05) is 0 Å². The van der Waals surface area contributed by atoms with E-state index < -0.39 is 3.79 Å². The fraction of sp³-hybridized carbons (Fsp3) is 1.00. The number of halogens is 3. The van der Waals surface area contributed by atoms with Gasteiger partial charge in [0.25, 0.3) is 0 Å². The average molecular weight is 256 g/mol. The van der Waals surface area contributed by atoms with E-state index >= 15 is 0 Å². The van der Waals surface area contributed by atoms with E-state index in [4.69, 9.17) is 34.8 Å². The van der Waals surface area contributed by atoms with Crippen LogP contribution in [0.15, 0.2) is 0 Å². The Morgan fingerprint density at radius 1 is 0.786 bits per heavy atom. The summed E-state index contributed by atoms with van der Waals surface area (Å²) in [4.78, 5) is 0. The van der Waals surface area contributed by atoms with Gasteiger partial charge in [0, 0.05) is 5.92 Å². The van der Waals surface area contributed by atoms with Gasteiger partial charge >= 0.3 is 0 Å². The Morgan fingerprint density at radius 2 is 1.43 bits per heavy atom. The van der Waals surface area contributed by atoms with Crippen molar-refractivity contribution in [1.82, 2.24) is 0 Å². The first-order valence-corrected chi connectivity index (χ1v) is 6.79. The molecule has 3 unspecified atom stereocenters. The zero-order chi connectivity index (χ0) is 10.2. The zero-order valence-electron chi connectivity index (χ0n) is 8.32. The lowest BCUT2D eigenvalue weighted by atomic mass is 9.66. The summed E-state index contributed by atoms with van der Waals surface area (Å²) in [7, 11) is 0. The van der Waals surface area contributed by atoms with Crippen LogP contribution in [0.3, 0.4) is 0 Å². The number of alkyl halides is 3. The van der Waals surface area contributed by atoms with Gasteiger partial charge in [-0.05, 0) is 24.7 Å². The van der Waals surface area contributed by atoms with Crippen molar-refractivity contribution in [1.29, 1.82) is 0 Å². The Bertz CT molecular complexity index is 195. The molecule has 2 fully saturated rings. The van der Waals surface area contributed by atoms with Gasteiger partial charge in [0.2, 0.25) is 0 Å². The maximum atomic E-state index is 6.06. The molecule has 0 heterocycles. The van der Waals surface area contributed by atoms with Gasteiger partial charge in [-0.1, -0.05) is 66.9 Å². The zero-order valence-corrected chi connectivity index (χ0v) is 10.6. The summed E-state index contributed by atoms with van der Waals surface area (Å²) < 4.78 is -1.03. The highest BCUT2D eigenvalue weighted by atomic mass is 35.6. The molecule has 0 bridgehead atoms. The van der Waals surface area contributed by atoms with Crippen molar-refractivity contribution < 1.29 is 0 Å². The van der Waals surface area contributed by atoms with Crippen molar-refractivity contribution in [2.45, 2.75) is 48.7 Å². The van der Waals surface area contributed by atoms with Crippen LogP contribution in [0, 0.1) is 17.8 Å². The SMILES string of the molecule is ClC(Cl)(Cl)C1CCCC2CCCCC21. The van der Waals surface area contributed by atoms with Crippen LogP contribution in [0.1, 0.15) is 44.9 Å². The Morgan fingerprint density at radius 3 is 2.14 bits per heavy atom. The molecule has 2 saturated carbocycles. The van der Waals surface area contributed by atoms with Crippen molar-refractivity contribution in [2.24, 2.45) is 17.8 Å². The summed E-state index contributed by atoms with van der Waals surface area (Å²) in [6.45, 7) is 0. The van der Waals surface area contributed by atoms with Crippen LogP contribution >= 0.6 is 34.8 Å². The molecule has 0 radical (unpaired) electrons. The van der Waals surface area contributed by atoms with E-state index in [1.807, 2.05) is 0 Å². The van der Waals surface area contributed by atoms with Gasteiger partial charge in [0.1, 0.15) is 0 Å². The Kier molecular flexibility index (Phi) is 3.56. The Balaban J connectivity index is 2.09. The number of rotatable bonds is 0. The van der Waals surface area contributed by atoms with Crippen LogP contribution in [-0.4, -0.2) is 3.79 Å². The minimum Gasteiger partial charge on any atom is -0.0834 e. The third-order valence-electron chi connectivity index (χ3n) is 4.00. The molecule has 0 spiro atoms. The molecule has 0 aromatic carbocycles. The molecular weight excluding hydrogens is 238 g/mol. The summed E-state index contributed by atoms with van der Waals surface area (Å²) >= 11 is 18.2. The molecular formula is C11H17Cl3. The monoisotopic (exact) mass is 254 g/mol. The van der Waals surface area contributed by atoms with E-state index in [1.165, 1.54) is 38.5 Å². The van der Waals surface area contributed by atoms with Crippen LogP contribution in [0.4, 0.5) is 0 Å². The summed E-state index contributed by atoms with van der Waals surface area (Å²) in [6, 6.07) is 0. The topological polar surface area (TPSA) is 0 Å². The summed E-state index contributed by atoms with van der Waals surface area (Å²) in [5.74, 6) is 1.84. The highest BCUT2D eigenvalue weighted by molar-refractivity contribution is 6.67. The van der Waals surface area contributed by atoms with E-state index in [0.717, 1.165) is 12.3 Å². The minimum absolute atomic E-state index is 0.312. The fourth-order valence-corrected chi connectivity index (χ4v) is 4.16. The van der Waals surface area contributed by atoms with Gasteiger partial charge in [-0.2, -0.15) is 0 Å². The van der Waals surface area contributed by atoms with E-state index in [1.54, 1.807) is 0 Å². The molecule has 3 atom stereocenters. The molecule has 14 heavy (non-hydrogen) atoms. The molecule has 0 amide bonds. The first kappa shape index (κ1) is 11.4. The van der Waals surface area contributed by atoms with Crippen LogP contribution in [0.2, 0.25) is 0 Å². The van der Waals surface area contributed by atoms with Crippen molar-refractivity contribution >= 4 is 34.8 Å². The van der Waals surface area contributed by atoms with Gasteiger partial charge < -0.3 is 0 Å². The maximum absolute atomic E-state index is 6.06. The van der Waals surface area contributed by atoms with Gasteiger partial charge in [-0.25, -0.2) is 0 Å². The van der Waals surface area contributed by atoms with E-state index in [0.29, 0.717) is 11.8 Å². The van der Waals surface area contributed by atoms with E-state index in [2.05, 4.69) is 0 Å². The predicted octanol–water partition coefficient (Wildman–Crippen LogP) is 4.96. The standard InChI is InChI=1S/C11H17Cl3/c12-11(13,14)10-7-3-5-8-4-1-2-6-9(8)10/h8-10H,1-7H2. The second-order valence-corrected chi connectivity index (χ2v) is 7.16. The number of fused-ring (bicyclic) bond motifs is 1. The smallest absolute Gasteiger partial charge is 0.0834 e. The fourth-order valence-electron chi connectivity index (χ4n) is 3.34. The number of hydrogen-bond acceptors (Lipinski definition) is 0. The average Bonchev–Trinajstić information content (AvgIpc) is 2.15. The molecule has 0 N–H and O–H groups in total. The van der Waals surface area contributed by atoms with Gasteiger partial charge in [0.05, 0.1) is 0 Å². The quantitative estimate of drug-likeness (QED) is 0.537. The molecule has 0 nitrogen and oxygen atoms in total. The van der Waals surface area contributed by atoms with E-state index in [9.17, 15) is 0 Å². The van der Waals surface area contributed by atoms with Crippen molar-refractivity contribution in [3.8, 4) is 0 Å². The van der Waals surface area contributed by atoms with Gasteiger partial charge in [0.15, 0.2) is 3.79 Å². The molecule has 2 aliphatic rings. The first-order chi connectivity index (χ1) is 6.59. The minimum atomic E-state index is -1.03. The van der Waals surface area contributed by atoms with Crippen LogP contribution in [-0.2, 0) is 0 Å². The Labute approximate surface area is 101 Å². The molecule has 82 valence electrons. The first-order valence-electron chi connectivity index (χ1n) is 5.66. The van der Waals surface area contributed by atoms with Crippen molar-refractivity contribution in [3.05, 3.63) is 0 Å². The second kappa shape index (κ2) is 4.39. The highest BCUT2D eigenvalue weighted by Gasteiger charge is 2.44. The van der Waals surface area contributed by atoms with Crippen LogP contribution in [0.5, 0.6) is 0 Å². The normalized spacial score (nSPS) is 39.2. The lowest BCUT2D eigenvalue weighted by Gasteiger charge is -2.44. The predicted molar refractivity (Wildman–Crippen MR) is 63.1 cm³/mol. The summed E-state index contributed by atoms with van der Waals surface area (Å²) in [5.41, 5.74) is 0. The molecule has 2 aliphatic carbocycles. The Hall–Kier alpha value is 0.870. The highest BCUT2D eigenvalue weighted by Crippen LogP contribution is 2.52. The largest absolute Gasteiger partial charge is 0.193 e. The molecule has 0 aromatic heterocycles. The maximum Gasteiger partial charge on any atom is 0.193 e. The number of hydrogen-bond donors (Lipinski definition) is 0. The molecule has 2 rings (SSSR count). The van der Waals surface area contributed by atoms with Crippen LogP contribution in [0.25, 0.3) is 0 Å². The van der Waals surface area contributed by atoms with E-state index in [-0.39, 0.29) is 0 Å². The second-order valence-electron chi connectivity index (χ2n) is 4.79. The van der Waals surface area contributed by atoms with Gasteiger partial charge in [-0.15, -0.1) is 0 Å². The molecule has 3 heteroatoms. The molecule has 0 saturated heterocycles. The third kappa shape index (κ3) is 2.33. The van der Waals surface area contributed by atoms with Gasteiger partial charge in [-0.3, -0.25) is 0 Å². The van der Waals surface area contributed by atoms with Crippen molar-refractivity contribution in [3.63, 3.8) is 0 Å². The summed E-state index contributed by atoms with van der Waals surface area (Å²) in [5, 5.41) is 0. The lowest BCUT2D eigenvalue weighted by Crippen LogP contribution is -2.37. The summed E-state index contributed by atoms with van der Waals surface area (Å²) in [6.07, 6.45) is 9.08. The third-order valence-corrected chi connectivity index (χ3v) is 4.84. The van der Waals surface area contributed by atoms with Crippen LogP contribution < -0.4 is 0 Å². The molecule has 0 aromatic rings. The lowest BCUT2D eigenvalue weighted by molar-refractivity contribution is 0.106. The molecule has 0 aliphatic heterocycles.